The van der Waals surface area contributed by atoms with E-state index in [1.807, 2.05) is 0 Å². The van der Waals surface area contributed by atoms with Gasteiger partial charge >= 0.3 is 0 Å². The third kappa shape index (κ3) is 3.76. The standard InChI is InChI=1S/C14H11Cl3FNO/c15-10-5-12(17)13(6-11(10)16)19-7-14(20)8-1-3-9(18)4-2-8/h1-6,14,19-20H,7H2. The Morgan fingerprint density at radius 3 is 2.25 bits per heavy atom. The van der Waals surface area contributed by atoms with Gasteiger partial charge in [0.05, 0.1) is 26.9 Å². The van der Waals surface area contributed by atoms with Gasteiger partial charge in [0.1, 0.15) is 5.82 Å². The quantitative estimate of drug-likeness (QED) is 0.777. The third-order valence-electron chi connectivity index (χ3n) is 2.75. The van der Waals surface area contributed by atoms with E-state index >= 15 is 0 Å². The molecule has 0 aliphatic carbocycles. The predicted molar refractivity (Wildman–Crippen MR) is 81.3 cm³/mol. The van der Waals surface area contributed by atoms with Crippen LogP contribution < -0.4 is 5.32 Å². The number of aliphatic hydroxyl groups excluding tert-OH is 1. The first-order chi connectivity index (χ1) is 9.47. The molecule has 2 aromatic rings. The lowest BCUT2D eigenvalue weighted by atomic mass is 10.1. The smallest absolute Gasteiger partial charge is 0.123 e. The van der Waals surface area contributed by atoms with Gasteiger partial charge in [-0.05, 0) is 29.8 Å². The normalized spacial score (nSPS) is 12.2. The minimum Gasteiger partial charge on any atom is -0.387 e. The van der Waals surface area contributed by atoms with Crippen LogP contribution in [0.3, 0.4) is 0 Å². The van der Waals surface area contributed by atoms with E-state index in [-0.39, 0.29) is 12.4 Å². The molecule has 2 nitrogen and oxygen atoms in total. The predicted octanol–water partition coefficient (Wildman–Crippen LogP) is 4.93. The summed E-state index contributed by atoms with van der Waals surface area (Å²) in [6.07, 6.45) is -0.791. The molecule has 0 bridgehead atoms. The van der Waals surface area contributed by atoms with Crippen molar-refractivity contribution in [3.05, 3.63) is 62.8 Å². The molecule has 0 heterocycles. The zero-order chi connectivity index (χ0) is 14.7. The first-order valence-corrected chi connectivity index (χ1v) is 6.92. The second kappa shape index (κ2) is 6.64. The van der Waals surface area contributed by atoms with Gasteiger partial charge in [-0.15, -0.1) is 0 Å². The van der Waals surface area contributed by atoms with Gasteiger partial charge in [-0.1, -0.05) is 46.9 Å². The first-order valence-electron chi connectivity index (χ1n) is 5.79. The first kappa shape index (κ1) is 15.4. The largest absolute Gasteiger partial charge is 0.387 e. The van der Waals surface area contributed by atoms with Gasteiger partial charge in [-0.25, -0.2) is 4.39 Å². The van der Waals surface area contributed by atoms with Gasteiger partial charge in [0, 0.05) is 6.54 Å². The summed E-state index contributed by atoms with van der Waals surface area (Å²) in [7, 11) is 0. The number of hydrogen-bond donors (Lipinski definition) is 2. The van der Waals surface area contributed by atoms with Crippen LogP contribution in [-0.2, 0) is 0 Å². The van der Waals surface area contributed by atoms with E-state index in [0.29, 0.717) is 26.3 Å². The van der Waals surface area contributed by atoms with Crippen LogP contribution in [0.1, 0.15) is 11.7 Å². The highest BCUT2D eigenvalue weighted by Crippen LogP contribution is 2.32. The Morgan fingerprint density at radius 2 is 1.60 bits per heavy atom. The maximum absolute atomic E-state index is 12.8. The Morgan fingerprint density at radius 1 is 1.00 bits per heavy atom. The summed E-state index contributed by atoms with van der Waals surface area (Å²) >= 11 is 17.7. The van der Waals surface area contributed by atoms with Crippen LogP contribution in [0.5, 0.6) is 0 Å². The molecule has 0 saturated heterocycles. The molecule has 0 fully saturated rings. The molecule has 0 aromatic heterocycles. The van der Waals surface area contributed by atoms with Gasteiger partial charge in [0.2, 0.25) is 0 Å². The van der Waals surface area contributed by atoms with E-state index in [1.54, 1.807) is 6.07 Å². The van der Waals surface area contributed by atoms with E-state index in [9.17, 15) is 9.50 Å². The maximum Gasteiger partial charge on any atom is 0.123 e. The second-order valence-electron chi connectivity index (χ2n) is 4.19. The molecule has 0 radical (unpaired) electrons. The van der Waals surface area contributed by atoms with Crippen molar-refractivity contribution in [2.24, 2.45) is 0 Å². The number of nitrogens with one attached hydrogen (secondary N) is 1. The zero-order valence-electron chi connectivity index (χ0n) is 10.2. The van der Waals surface area contributed by atoms with Gasteiger partial charge < -0.3 is 10.4 Å². The zero-order valence-corrected chi connectivity index (χ0v) is 12.5. The van der Waals surface area contributed by atoms with Crippen molar-refractivity contribution in [3.63, 3.8) is 0 Å². The number of anilines is 1. The molecule has 2 rings (SSSR count). The van der Waals surface area contributed by atoms with Crippen molar-refractivity contribution < 1.29 is 9.50 Å². The number of rotatable bonds is 4. The monoisotopic (exact) mass is 333 g/mol. The number of halogens is 4. The molecule has 1 atom stereocenters. The van der Waals surface area contributed by atoms with Crippen molar-refractivity contribution in [1.82, 2.24) is 0 Å². The molecule has 6 heteroatoms. The van der Waals surface area contributed by atoms with Crippen molar-refractivity contribution in [3.8, 4) is 0 Å². The summed E-state index contributed by atoms with van der Waals surface area (Å²) < 4.78 is 12.8. The number of benzene rings is 2. The molecule has 20 heavy (non-hydrogen) atoms. The lowest BCUT2D eigenvalue weighted by molar-refractivity contribution is 0.191. The van der Waals surface area contributed by atoms with Gasteiger partial charge in [-0.3, -0.25) is 0 Å². The Bertz CT molecular complexity index is 604. The van der Waals surface area contributed by atoms with Crippen molar-refractivity contribution in [2.45, 2.75) is 6.10 Å². The Hall–Kier alpha value is -1.00. The van der Waals surface area contributed by atoms with Crippen LogP contribution in [0.25, 0.3) is 0 Å². The fraction of sp³-hybridized carbons (Fsp3) is 0.143. The molecule has 0 saturated carbocycles. The molecule has 0 amide bonds. The molecule has 0 aliphatic rings. The van der Waals surface area contributed by atoms with E-state index < -0.39 is 6.10 Å². The Labute approximate surface area is 131 Å². The summed E-state index contributed by atoms with van der Waals surface area (Å²) in [4.78, 5) is 0. The van der Waals surface area contributed by atoms with E-state index in [0.717, 1.165) is 0 Å². The fourth-order valence-electron chi connectivity index (χ4n) is 1.67. The highest BCUT2D eigenvalue weighted by atomic mass is 35.5. The summed E-state index contributed by atoms with van der Waals surface area (Å²) in [6, 6.07) is 8.76. The second-order valence-corrected chi connectivity index (χ2v) is 5.42. The fourth-order valence-corrected chi connectivity index (χ4v) is 2.28. The van der Waals surface area contributed by atoms with Crippen LogP contribution >= 0.6 is 34.8 Å². The van der Waals surface area contributed by atoms with Gasteiger partial charge in [0.25, 0.3) is 0 Å². The van der Waals surface area contributed by atoms with Crippen molar-refractivity contribution >= 4 is 40.5 Å². The SMILES string of the molecule is OC(CNc1cc(Cl)c(Cl)cc1Cl)c1ccc(F)cc1. The van der Waals surface area contributed by atoms with Gasteiger partial charge in [0.15, 0.2) is 0 Å². The van der Waals surface area contributed by atoms with E-state index in [1.165, 1.54) is 30.3 Å². The van der Waals surface area contributed by atoms with E-state index in [4.69, 9.17) is 34.8 Å². The average molecular weight is 335 g/mol. The summed E-state index contributed by atoms with van der Waals surface area (Å²) in [5.74, 6) is -0.346. The molecule has 2 N–H and O–H groups in total. The van der Waals surface area contributed by atoms with Crippen LogP contribution in [0.4, 0.5) is 10.1 Å². The molecule has 1 unspecified atom stereocenters. The maximum atomic E-state index is 12.8. The molecular formula is C14H11Cl3FNO. The summed E-state index contributed by atoms with van der Waals surface area (Å²) in [5.41, 5.74) is 1.18. The lowest BCUT2D eigenvalue weighted by Gasteiger charge is -2.14. The molecular weight excluding hydrogens is 324 g/mol. The van der Waals surface area contributed by atoms with Crippen molar-refractivity contribution in [2.75, 3.05) is 11.9 Å². The van der Waals surface area contributed by atoms with Crippen LogP contribution in [0.2, 0.25) is 15.1 Å². The minimum atomic E-state index is -0.791. The molecule has 2 aromatic carbocycles. The number of aliphatic hydroxyl groups is 1. The molecule has 0 aliphatic heterocycles. The highest BCUT2D eigenvalue weighted by Gasteiger charge is 2.10. The van der Waals surface area contributed by atoms with Gasteiger partial charge in [-0.2, -0.15) is 0 Å². The number of hydrogen-bond acceptors (Lipinski definition) is 2. The summed E-state index contributed by atoms with van der Waals surface area (Å²) in [6.45, 7) is 0.212. The van der Waals surface area contributed by atoms with Crippen LogP contribution in [0.15, 0.2) is 36.4 Å². The average Bonchev–Trinajstić information content (AvgIpc) is 2.42. The van der Waals surface area contributed by atoms with Crippen LogP contribution in [0, 0.1) is 5.82 Å². The lowest BCUT2D eigenvalue weighted by Crippen LogP contribution is -2.12. The third-order valence-corrected chi connectivity index (χ3v) is 3.79. The van der Waals surface area contributed by atoms with Crippen LogP contribution in [-0.4, -0.2) is 11.7 Å². The Kier molecular flexibility index (Phi) is 5.11. The minimum absolute atomic E-state index is 0.212. The van der Waals surface area contributed by atoms with Crippen molar-refractivity contribution in [1.29, 1.82) is 0 Å². The highest BCUT2D eigenvalue weighted by molar-refractivity contribution is 6.44. The summed E-state index contributed by atoms with van der Waals surface area (Å²) in [5, 5.41) is 14.1. The van der Waals surface area contributed by atoms with E-state index in [2.05, 4.69) is 5.32 Å². The Balaban J connectivity index is 2.05. The molecule has 106 valence electrons. The molecule has 0 spiro atoms. The topological polar surface area (TPSA) is 32.3 Å².